The molecule has 0 atom stereocenters. The molecule has 74 heavy (non-hydrogen) atoms. The second-order valence-electron chi connectivity index (χ2n) is 19.3. The molecule has 346 valence electrons. The van der Waals surface area contributed by atoms with Gasteiger partial charge in [0.25, 0.3) is 0 Å². The van der Waals surface area contributed by atoms with E-state index in [4.69, 9.17) is 4.42 Å². The van der Waals surface area contributed by atoms with Gasteiger partial charge in [-0.1, -0.05) is 146 Å². The van der Waals surface area contributed by atoms with E-state index in [0.29, 0.717) is 0 Å². The van der Waals surface area contributed by atoms with Crippen molar-refractivity contribution in [3.8, 4) is 44.8 Å². The molecule has 0 aliphatic carbocycles. The summed E-state index contributed by atoms with van der Waals surface area (Å²) in [6.07, 6.45) is 0. The highest BCUT2D eigenvalue weighted by atomic mass is 16.3. The molecule has 3 heterocycles. The lowest BCUT2D eigenvalue weighted by atomic mass is 9.91. The first-order valence-corrected chi connectivity index (χ1v) is 25.3. The fourth-order valence-corrected chi connectivity index (χ4v) is 11.6. The molecule has 4 heteroatoms. The number of hydrogen-bond donors (Lipinski definition) is 0. The summed E-state index contributed by atoms with van der Waals surface area (Å²) in [7, 11) is 0. The predicted octanol–water partition coefficient (Wildman–Crippen LogP) is 19.4. The summed E-state index contributed by atoms with van der Waals surface area (Å²) >= 11 is 0. The second-order valence-corrected chi connectivity index (χ2v) is 19.3. The van der Waals surface area contributed by atoms with Gasteiger partial charge in [0.15, 0.2) is 0 Å². The van der Waals surface area contributed by atoms with Crippen LogP contribution >= 0.6 is 0 Å². The lowest BCUT2D eigenvalue weighted by Crippen LogP contribution is -2.11. The van der Waals surface area contributed by atoms with E-state index in [0.717, 1.165) is 83.8 Å². The first kappa shape index (κ1) is 41.8. The van der Waals surface area contributed by atoms with Gasteiger partial charge in [0.05, 0.1) is 27.8 Å². The number of rotatable bonds is 8. The summed E-state index contributed by atoms with van der Waals surface area (Å²) in [5.74, 6) is 0. The average Bonchev–Trinajstić information content (AvgIpc) is 4.12. The molecule has 4 nitrogen and oxygen atoms in total. The van der Waals surface area contributed by atoms with Crippen LogP contribution in [0.1, 0.15) is 0 Å². The number of hydrogen-bond acceptors (Lipinski definition) is 2. The van der Waals surface area contributed by atoms with Crippen molar-refractivity contribution in [2.45, 2.75) is 0 Å². The summed E-state index contributed by atoms with van der Waals surface area (Å²) in [5.41, 5.74) is 18.7. The van der Waals surface area contributed by atoms with Crippen LogP contribution in [0.3, 0.4) is 0 Å². The minimum Gasteiger partial charge on any atom is -0.456 e. The van der Waals surface area contributed by atoms with Crippen LogP contribution in [-0.4, -0.2) is 9.13 Å². The molecule has 0 amide bonds. The first-order chi connectivity index (χ1) is 36.7. The second kappa shape index (κ2) is 16.9. The zero-order chi connectivity index (χ0) is 48.7. The van der Waals surface area contributed by atoms with Crippen molar-refractivity contribution >= 4 is 93.4 Å². The van der Waals surface area contributed by atoms with E-state index in [1.165, 1.54) is 54.4 Å². The van der Waals surface area contributed by atoms with Gasteiger partial charge < -0.3 is 18.5 Å². The monoisotopic (exact) mass is 943 g/mol. The van der Waals surface area contributed by atoms with Crippen LogP contribution in [0.5, 0.6) is 0 Å². The Hall–Kier alpha value is -9.90. The number of furan rings is 1. The fraction of sp³-hybridized carbons (Fsp3) is 0. The Balaban J connectivity index is 0.968. The van der Waals surface area contributed by atoms with Crippen LogP contribution in [0.25, 0.3) is 121 Å². The molecule has 0 fully saturated rings. The number of nitrogens with zero attached hydrogens (tertiary/aromatic N) is 3. The van der Waals surface area contributed by atoms with E-state index >= 15 is 0 Å². The molecule has 0 spiro atoms. The Morgan fingerprint density at radius 3 is 1.50 bits per heavy atom. The van der Waals surface area contributed by atoms with Gasteiger partial charge >= 0.3 is 0 Å². The molecular formula is C70H45N3O. The Morgan fingerprint density at radius 2 is 0.784 bits per heavy atom. The van der Waals surface area contributed by atoms with E-state index in [2.05, 4.69) is 275 Å². The molecule has 0 bridgehead atoms. The van der Waals surface area contributed by atoms with Crippen molar-refractivity contribution in [3.63, 3.8) is 0 Å². The van der Waals surface area contributed by atoms with Crippen LogP contribution in [0, 0.1) is 0 Å². The van der Waals surface area contributed by atoms with E-state index in [9.17, 15) is 0 Å². The molecule has 0 aliphatic heterocycles. The number of fused-ring (bicyclic) bond motifs is 10. The van der Waals surface area contributed by atoms with E-state index < -0.39 is 0 Å². The smallest absolute Gasteiger partial charge is 0.137 e. The largest absolute Gasteiger partial charge is 0.456 e. The number of benzene rings is 12. The van der Waals surface area contributed by atoms with Crippen LogP contribution in [0.2, 0.25) is 0 Å². The topological polar surface area (TPSA) is 26.2 Å². The minimum atomic E-state index is 0.854. The summed E-state index contributed by atoms with van der Waals surface area (Å²) in [6.45, 7) is 0. The molecule has 0 radical (unpaired) electrons. The number of para-hydroxylation sites is 6. The fourth-order valence-electron chi connectivity index (χ4n) is 11.6. The van der Waals surface area contributed by atoms with E-state index in [1.54, 1.807) is 0 Å². The van der Waals surface area contributed by atoms with E-state index in [-0.39, 0.29) is 0 Å². The SMILES string of the molecule is c1ccc(N(c2ccc3c(c2)oc2ccccc23)c2ccccc2-c2cc(-c3ccc4c(c3)c3ccccc3n4-c3ccccc3)cc(-c3ccc4c(c3)c3cc5ccccc5cc3n4-c3ccccc3)c2)cc1. The quantitative estimate of drug-likeness (QED) is 0.152. The Kier molecular flexibility index (Phi) is 9.54. The van der Waals surface area contributed by atoms with Crippen molar-refractivity contribution in [3.05, 3.63) is 273 Å². The zero-order valence-corrected chi connectivity index (χ0v) is 40.2. The summed E-state index contributed by atoms with van der Waals surface area (Å²) in [5, 5.41) is 9.55. The van der Waals surface area contributed by atoms with Crippen LogP contribution in [0.4, 0.5) is 17.1 Å². The van der Waals surface area contributed by atoms with Crippen LogP contribution in [0.15, 0.2) is 277 Å². The minimum absolute atomic E-state index is 0.854. The van der Waals surface area contributed by atoms with Crippen molar-refractivity contribution in [1.82, 2.24) is 9.13 Å². The van der Waals surface area contributed by atoms with Crippen LogP contribution in [-0.2, 0) is 0 Å². The average molecular weight is 944 g/mol. The third-order valence-corrected chi connectivity index (χ3v) is 15.0. The van der Waals surface area contributed by atoms with Crippen molar-refractivity contribution < 1.29 is 4.42 Å². The van der Waals surface area contributed by atoms with Gasteiger partial charge in [0.2, 0.25) is 0 Å². The summed E-state index contributed by atoms with van der Waals surface area (Å²) < 4.78 is 11.3. The molecule has 0 aliphatic rings. The number of aromatic nitrogens is 2. The third-order valence-electron chi connectivity index (χ3n) is 15.0. The van der Waals surface area contributed by atoms with Gasteiger partial charge in [-0.15, -0.1) is 0 Å². The Bertz CT molecular complexity index is 4660. The van der Waals surface area contributed by atoms with Gasteiger partial charge in [0.1, 0.15) is 11.2 Å². The molecular weight excluding hydrogens is 899 g/mol. The molecule has 0 N–H and O–H groups in total. The maximum absolute atomic E-state index is 6.52. The molecule has 15 rings (SSSR count). The first-order valence-electron chi connectivity index (χ1n) is 25.3. The van der Waals surface area contributed by atoms with Crippen molar-refractivity contribution in [2.75, 3.05) is 4.90 Å². The zero-order valence-electron chi connectivity index (χ0n) is 40.2. The lowest BCUT2D eigenvalue weighted by molar-refractivity contribution is 0.669. The molecule has 0 saturated carbocycles. The predicted molar refractivity (Wildman–Crippen MR) is 311 cm³/mol. The molecule has 15 aromatic rings. The van der Waals surface area contributed by atoms with Gasteiger partial charge in [-0.05, 0) is 160 Å². The van der Waals surface area contributed by atoms with Crippen molar-refractivity contribution in [2.24, 2.45) is 0 Å². The highest BCUT2D eigenvalue weighted by molar-refractivity contribution is 6.15. The Labute approximate surface area is 427 Å². The summed E-state index contributed by atoms with van der Waals surface area (Å²) in [6, 6.07) is 99.2. The molecule has 12 aromatic carbocycles. The van der Waals surface area contributed by atoms with Crippen molar-refractivity contribution in [1.29, 1.82) is 0 Å². The highest BCUT2D eigenvalue weighted by Gasteiger charge is 2.22. The third kappa shape index (κ3) is 6.77. The molecule has 0 unspecified atom stereocenters. The standard InChI is InChI=1S/C70H45N3O/c1-4-20-53(21-5-1)71(56-34-35-60-59-28-14-17-31-69(59)74-70(60)45-56)64-29-15-12-26-57(64)52-39-50(48-32-36-66-61(42-48)58-27-13-16-30-65(58)72(66)54-22-6-2-7-23-54)38-51(40-52)49-33-37-67-62(43-49)63-41-46-18-10-11-19-47(46)44-68(63)73(67)55-24-8-3-9-25-55/h1-45H. The summed E-state index contributed by atoms with van der Waals surface area (Å²) in [4.78, 5) is 2.37. The van der Waals surface area contributed by atoms with Gasteiger partial charge in [0, 0.05) is 66.7 Å². The maximum atomic E-state index is 6.52. The maximum Gasteiger partial charge on any atom is 0.137 e. The van der Waals surface area contributed by atoms with E-state index in [1.807, 2.05) is 12.1 Å². The highest BCUT2D eigenvalue weighted by Crippen LogP contribution is 2.46. The normalized spacial score (nSPS) is 11.8. The molecule has 0 saturated heterocycles. The number of anilines is 3. The van der Waals surface area contributed by atoms with Gasteiger partial charge in [-0.2, -0.15) is 0 Å². The van der Waals surface area contributed by atoms with Gasteiger partial charge in [-0.3, -0.25) is 0 Å². The molecule has 3 aromatic heterocycles. The Morgan fingerprint density at radius 1 is 0.270 bits per heavy atom. The van der Waals surface area contributed by atoms with Crippen LogP contribution < -0.4 is 4.90 Å². The van der Waals surface area contributed by atoms with Gasteiger partial charge in [-0.25, -0.2) is 0 Å². The lowest BCUT2D eigenvalue weighted by Gasteiger charge is -2.28.